The van der Waals surface area contributed by atoms with Crippen molar-refractivity contribution in [2.45, 2.75) is 52.2 Å². The van der Waals surface area contributed by atoms with Crippen LogP contribution in [0.15, 0.2) is 48.5 Å². The molecule has 0 amide bonds. The van der Waals surface area contributed by atoms with Gasteiger partial charge in [-0.3, -0.25) is 0 Å². The number of hydrogen-bond donors (Lipinski definition) is 2. The number of ether oxygens (including phenoxy) is 3. The van der Waals surface area contributed by atoms with E-state index in [0.717, 1.165) is 35.5 Å². The lowest BCUT2D eigenvalue weighted by molar-refractivity contribution is 0.0600. The number of esters is 1. The molecule has 0 bridgehead atoms. The SMILES string of the molecule is CCCC(CCO)Nc1nc(N(Cc2ccc(OC)cc2)Cc2ccc(OC)cc2)nc(C)c1C(=O)OC. The summed E-state index contributed by atoms with van der Waals surface area (Å²) in [5.74, 6) is 1.93. The van der Waals surface area contributed by atoms with Crippen LogP contribution >= 0.6 is 0 Å². The maximum Gasteiger partial charge on any atom is 0.343 e. The monoisotopic (exact) mass is 522 g/mol. The fourth-order valence-electron chi connectivity index (χ4n) is 4.24. The van der Waals surface area contributed by atoms with E-state index in [1.807, 2.05) is 48.5 Å². The number of rotatable bonds is 14. The average molecular weight is 523 g/mol. The van der Waals surface area contributed by atoms with Gasteiger partial charge in [-0.1, -0.05) is 37.6 Å². The Labute approximate surface area is 224 Å². The zero-order valence-corrected chi connectivity index (χ0v) is 22.9. The first-order valence-electron chi connectivity index (χ1n) is 12.8. The van der Waals surface area contributed by atoms with Crippen molar-refractivity contribution in [1.29, 1.82) is 0 Å². The van der Waals surface area contributed by atoms with E-state index in [1.54, 1.807) is 21.1 Å². The van der Waals surface area contributed by atoms with Crippen LogP contribution in [-0.2, 0) is 17.8 Å². The summed E-state index contributed by atoms with van der Waals surface area (Å²) in [5.41, 5.74) is 2.91. The van der Waals surface area contributed by atoms with Crippen molar-refractivity contribution >= 4 is 17.7 Å². The van der Waals surface area contributed by atoms with Crippen LogP contribution in [0, 0.1) is 6.92 Å². The molecule has 0 aliphatic rings. The summed E-state index contributed by atoms with van der Waals surface area (Å²) in [7, 11) is 4.62. The highest BCUT2D eigenvalue weighted by atomic mass is 16.5. The lowest BCUT2D eigenvalue weighted by Gasteiger charge is -2.26. The molecule has 0 fully saturated rings. The van der Waals surface area contributed by atoms with Gasteiger partial charge in [0.2, 0.25) is 5.95 Å². The topological polar surface area (TPSA) is 106 Å². The lowest BCUT2D eigenvalue weighted by Crippen LogP contribution is -2.28. The smallest absolute Gasteiger partial charge is 0.343 e. The second kappa shape index (κ2) is 14.2. The lowest BCUT2D eigenvalue weighted by atomic mass is 10.1. The van der Waals surface area contributed by atoms with Gasteiger partial charge in [0, 0.05) is 25.7 Å². The number of carbonyl (C=O) groups excluding carboxylic acids is 1. The molecule has 0 saturated carbocycles. The normalized spacial score (nSPS) is 11.5. The summed E-state index contributed by atoms with van der Waals surface area (Å²) >= 11 is 0. The van der Waals surface area contributed by atoms with E-state index < -0.39 is 5.97 Å². The molecule has 204 valence electrons. The van der Waals surface area contributed by atoms with Gasteiger partial charge >= 0.3 is 5.97 Å². The van der Waals surface area contributed by atoms with Crippen LogP contribution in [-0.4, -0.2) is 55.0 Å². The minimum Gasteiger partial charge on any atom is -0.497 e. The third kappa shape index (κ3) is 7.58. The molecule has 2 N–H and O–H groups in total. The molecule has 1 unspecified atom stereocenters. The molecule has 3 aromatic rings. The number of aliphatic hydroxyl groups excluding tert-OH is 1. The molecule has 1 aromatic heterocycles. The Morgan fingerprint density at radius 2 is 1.47 bits per heavy atom. The number of aryl methyl sites for hydroxylation is 1. The first-order valence-corrected chi connectivity index (χ1v) is 12.8. The van der Waals surface area contributed by atoms with E-state index in [9.17, 15) is 9.90 Å². The number of anilines is 2. The number of nitrogens with one attached hydrogen (secondary N) is 1. The van der Waals surface area contributed by atoms with E-state index in [-0.39, 0.29) is 12.6 Å². The molecule has 0 aliphatic carbocycles. The molecule has 1 heterocycles. The van der Waals surface area contributed by atoms with Gasteiger partial charge < -0.3 is 29.5 Å². The first-order chi connectivity index (χ1) is 18.4. The fraction of sp³-hybridized carbons (Fsp3) is 0.414. The Hall–Kier alpha value is -3.85. The van der Waals surface area contributed by atoms with Crippen LogP contribution in [0.25, 0.3) is 0 Å². The van der Waals surface area contributed by atoms with Gasteiger partial charge in [0.25, 0.3) is 0 Å². The molecule has 9 nitrogen and oxygen atoms in total. The second-order valence-electron chi connectivity index (χ2n) is 9.02. The van der Waals surface area contributed by atoms with E-state index in [2.05, 4.69) is 17.1 Å². The molecule has 9 heteroatoms. The molecule has 38 heavy (non-hydrogen) atoms. The highest BCUT2D eigenvalue weighted by Gasteiger charge is 2.24. The molecule has 1 atom stereocenters. The quantitative estimate of drug-likeness (QED) is 0.290. The Bertz CT molecular complexity index is 1110. The number of benzene rings is 2. The third-order valence-electron chi connectivity index (χ3n) is 6.27. The molecule has 0 radical (unpaired) electrons. The van der Waals surface area contributed by atoms with E-state index >= 15 is 0 Å². The van der Waals surface area contributed by atoms with Gasteiger partial charge in [-0.15, -0.1) is 0 Å². The number of methoxy groups -OCH3 is 3. The average Bonchev–Trinajstić information content (AvgIpc) is 2.93. The van der Waals surface area contributed by atoms with Gasteiger partial charge in [-0.2, -0.15) is 4.98 Å². The van der Waals surface area contributed by atoms with E-state index in [4.69, 9.17) is 24.2 Å². The highest BCUT2D eigenvalue weighted by molar-refractivity contribution is 5.96. The van der Waals surface area contributed by atoms with Crippen molar-refractivity contribution < 1.29 is 24.1 Å². The molecular weight excluding hydrogens is 484 g/mol. The van der Waals surface area contributed by atoms with Crippen LogP contribution in [0.3, 0.4) is 0 Å². The van der Waals surface area contributed by atoms with Crippen molar-refractivity contribution in [3.63, 3.8) is 0 Å². The first kappa shape index (κ1) is 28.7. The van der Waals surface area contributed by atoms with Gasteiger partial charge in [-0.25, -0.2) is 9.78 Å². The van der Waals surface area contributed by atoms with Crippen molar-refractivity contribution in [3.8, 4) is 11.5 Å². The van der Waals surface area contributed by atoms with Gasteiger partial charge in [0.15, 0.2) is 0 Å². The van der Waals surface area contributed by atoms with Gasteiger partial charge in [0.1, 0.15) is 22.9 Å². The summed E-state index contributed by atoms with van der Waals surface area (Å²) in [6.07, 6.45) is 2.28. The number of carbonyl (C=O) groups is 1. The van der Waals surface area contributed by atoms with Crippen LogP contribution in [0.4, 0.5) is 11.8 Å². The fourth-order valence-corrected chi connectivity index (χ4v) is 4.24. The minimum absolute atomic E-state index is 0.0310. The van der Waals surface area contributed by atoms with Crippen LogP contribution < -0.4 is 19.7 Å². The van der Waals surface area contributed by atoms with Crippen molar-refractivity contribution in [1.82, 2.24) is 9.97 Å². The molecule has 0 aliphatic heterocycles. The zero-order chi connectivity index (χ0) is 27.5. The number of aliphatic hydroxyl groups is 1. The van der Waals surface area contributed by atoms with E-state index in [1.165, 1.54) is 7.11 Å². The number of aromatic nitrogens is 2. The summed E-state index contributed by atoms with van der Waals surface area (Å²) in [6, 6.07) is 15.7. The number of nitrogens with zero attached hydrogens (tertiary/aromatic N) is 3. The summed E-state index contributed by atoms with van der Waals surface area (Å²) in [5, 5.41) is 13.0. The van der Waals surface area contributed by atoms with Crippen molar-refractivity contribution in [2.24, 2.45) is 0 Å². The highest BCUT2D eigenvalue weighted by Crippen LogP contribution is 2.26. The zero-order valence-electron chi connectivity index (χ0n) is 22.9. The molecule has 2 aromatic carbocycles. The summed E-state index contributed by atoms with van der Waals surface area (Å²) in [4.78, 5) is 24.3. The van der Waals surface area contributed by atoms with Crippen LogP contribution in [0.2, 0.25) is 0 Å². The van der Waals surface area contributed by atoms with Crippen LogP contribution in [0.1, 0.15) is 53.4 Å². The molecule has 0 saturated heterocycles. The Morgan fingerprint density at radius 1 is 0.921 bits per heavy atom. The van der Waals surface area contributed by atoms with Gasteiger partial charge in [-0.05, 0) is 55.2 Å². The van der Waals surface area contributed by atoms with Crippen molar-refractivity contribution in [3.05, 3.63) is 70.9 Å². The minimum atomic E-state index is -0.507. The van der Waals surface area contributed by atoms with E-state index in [0.29, 0.717) is 42.5 Å². The molecule has 0 spiro atoms. The van der Waals surface area contributed by atoms with Gasteiger partial charge in [0.05, 0.1) is 27.0 Å². The second-order valence-corrected chi connectivity index (χ2v) is 9.02. The predicted octanol–water partition coefficient (Wildman–Crippen LogP) is 4.76. The van der Waals surface area contributed by atoms with Crippen molar-refractivity contribution in [2.75, 3.05) is 38.2 Å². The Morgan fingerprint density at radius 3 is 1.92 bits per heavy atom. The maximum absolute atomic E-state index is 12.7. The maximum atomic E-state index is 12.7. The predicted molar refractivity (Wildman–Crippen MR) is 148 cm³/mol. The number of hydrogen-bond acceptors (Lipinski definition) is 9. The summed E-state index contributed by atoms with van der Waals surface area (Å²) < 4.78 is 15.7. The summed E-state index contributed by atoms with van der Waals surface area (Å²) in [6.45, 7) is 4.95. The van der Waals surface area contributed by atoms with Crippen LogP contribution in [0.5, 0.6) is 11.5 Å². The Kier molecular flexibility index (Phi) is 10.7. The molecular formula is C29H38N4O5. The third-order valence-corrected chi connectivity index (χ3v) is 6.27. The largest absolute Gasteiger partial charge is 0.497 e. The Balaban J connectivity index is 2.05. The molecule has 3 rings (SSSR count). The standard InChI is InChI=1S/C29H38N4O5/c1-6-7-23(16-17-34)31-27-26(28(35)38-5)20(2)30-29(32-27)33(18-21-8-12-24(36-3)13-9-21)19-22-10-14-25(37-4)15-11-22/h8-15,23,34H,6-7,16-19H2,1-5H3,(H,30,31,32).